The van der Waals surface area contributed by atoms with Gasteiger partial charge in [0.05, 0.1) is 24.6 Å². The zero-order valence-electron chi connectivity index (χ0n) is 12.4. The Hall–Kier alpha value is -2.82. The second kappa shape index (κ2) is 5.89. The van der Waals surface area contributed by atoms with E-state index in [-0.39, 0.29) is 5.56 Å². The third-order valence-electron chi connectivity index (χ3n) is 3.35. The molecule has 1 aromatic heterocycles. The van der Waals surface area contributed by atoms with Crippen molar-refractivity contribution in [2.75, 3.05) is 13.7 Å². The van der Waals surface area contributed by atoms with Crippen molar-refractivity contribution < 1.29 is 9.47 Å². The smallest absolute Gasteiger partial charge is 0.259 e. The quantitative estimate of drug-likeness (QED) is 0.804. The molecule has 0 saturated heterocycles. The normalized spacial score (nSPS) is 10.6. The first-order chi connectivity index (χ1) is 10.7. The van der Waals surface area contributed by atoms with Gasteiger partial charge in [0.15, 0.2) is 11.5 Å². The van der Waals surface area contributed by atoms with Gasteiger partial charge in [-0.3, -0.25) is 4.79 Å². The van der Waals surface area contributed by atoms with Crippen molar-refractivity contribution in [3.63, 3.8) is 0 Å². The highest BCUT2D eigenvalue weighted by atomic mass is 16.5. The van der Waals surface area contributed by atoms with Crippen molar-refractivity contribution in [1.82, 2.24) is 9.97 Å². The van der Waals surface area contributed by atoms with E-state index >= 15 is 0 Å². The first-order valence-electron chi connectivity index (χ1n) is 7.03. The van der Waals surface area contributed by atoms with Crippen molar-refractivity contribution in [3.05, 3.63) is 52.8 Å². The van der Waals surface area contributed by atoms with Crippen LogP contribution in [0.15, 0.2) is 47.3 Å². The van der Waals surface area contributed by atoms with Gasteiger partial charge in [-0.05, 0) is 37.3 Å². The second-order valence-electron chi connectivity index (χ2n) is 4.73. The predicted octanol–water partition coefficient (Wildman–Crippen LogP) is 3.00. The number of benzene rings is 2. The van der Waals surface area contributed by atoms with E-state index in [1.54, 1.807) is 19.2 Å². The van der Waals surface area contributed by atoms with Gasteiger partial charge in [0.25, 0.3) is 5.56 Å². The average Bonchev–Trinajstić information content (AvgIpc) is 2.55. The number of rotatable bonds is 4. The summed E-state index contributed by atoms with van der Waals surface area (Å²) in [6, 6.07) is 12.7. The SMILES string of the molecule is CCOc1ccc(-c2nc3ccccc3c(=O)[nH]2)cc1OC. The van der Waals surface area contributed by atoms with Crippen LogP contribution in [0.3, 0.4) is 0 Å². The van der Waals surface area contributed by atoms with Gasteiger partial charge in [0.1, 0.15) is 5.82 Å². The molecule has 0 amide bonds. The largest absolute Gasteiger partial charge is 0.493 e. The Morgan fingerprint density at radius 3 is 2.73 bits per heavy atom. The molecule has 0 aliphatic rings. The molecule has 0 unspecified atom stereocenters. The molecule has 112 valence electrons. The molecule has 1 heterocycles. The second-order valence-corrected chi connectivity index (χ2v) is 4.73. The maximum Gasteiger partial charge on any atom is 0.259 e. The molecule has 1 N–H and O–H groups in total. The predicted molar refractivity (Wildman–Crippen MR) is 85.5 cm³/mol. The number of nitrogens with one attached hydrogen (secondary N) is 1. The average molecular weight is 296 g/mol. The van der Waals surface area contributed by atoms with E-state index in [2.05, 4.69) is 9.97 Å². The van der Waals surface area contributed by atoms with Gasteiger partial charge < -0.3 is 14.5 Å². The van der Waals surface area contributed by atoms with Gasteiger partial charge >= 0.3 is 0 Å². The Morgan fingerprint density at radius 1 is 1.14 bits per heavy atom. The van der Waals surface area contributed by atoms with Gasteiger partial charge in [-0.2, -0.15) is 0 Å². The lowest BCUT2D eigenvalue weighted by Crippen LogP contribution is -2.09. The molecule has 0 aliphatic heterocycles. The molecule has 0 saturated carbocycles. The minimum atomic E-state index is -0.159. The maximum absolute atomic E-state index is 12.1. The van der Waals surface area contributed by atoms with Crippen molar-refractivity contribution in [1.29, 1.82) is 0 Å². The number of methoxy groups -OCH3 is 1. The Balaban J connectivity index is 2.13. The van der Waals surface area contributed by atoms with Crippen molar-refractivity contribution in [2.45, 2.75) is 6.92 Å². The number of H-pyrrole nitrogens is 1. The molecule has 5 heteroatoms. The van der Waals surface area contributed by atoms with Crippen LogP contribution in [-0.2, 0) is 0 Å². The summed E-state index contributed by atoms with van der Waals surface area (Å²) >= 11 is 0. The molecule has 3 aromatic rings. The Kier molecular flexibility index (Phi) is 3.78. The number of ether oxygens (including phenoxy) is 2. The topological polar surface area (TPSA) is 64.2 Å². The third kappa shape index (κ3) is 2.53. The molecule has 0 bridgehead atoms. The van der Waals surface area contributed by atoms with Crippen LogP contribution < -0.4 is 15.0 Å². The maximum atomic E-state index is 12.1. The lowest BCUT2D eigenvalue weighted by atomic mass is 10.1. The van der Waals surface area contributed by atoms with Gasteiger partial charge in [0, 0.05) is 5.56 Å². The molecule has 22 heavy (non-hydrogen) atoms. The molecule has 0 fully saturated rings. The van der Waals surface area contributed by atoms with E-state index in [4.69, 9.17) is 9.47 Å². The number of para-hydroxylation sites is 1. The molecule has 5 nitrogen and oxygen atoms in total. The summed E-state index contributed by atoms with van der Waals surface area (Å²) in [5.74, 6) is 1.78. The number of hydrogen-bond donors (Lipinski definition) is 1. The van der Waals surface area contributed by atoms with Crippen molar-refractivity contribution in [2.24, 2.45) is 0 Å². The van der Waals surface area contributed by atoms with Crippen molar-refractivity contribution >= 4 is 10.9 Å². The standard InChI is InChI=1S/C17H16N2O3/c1-3-22-14-9-8-11(10-15(14)21-2)16-18-13-7-5-4-6-12(13)17(20)19-16/h4-10H,3H2,1-2H3,(H,18,19,20). The molecule has 2 aromatic carbocycles. The van der Waals surface area contributed by atoms with Gasteiger partial charge in [-0.25, -0.2) is 4.98 Å². The zero-order chi connectivity index (χ0) is 15.5. The number of hydrogen-bond acceptors (Lipinski definition) is 4. The molecule has 3 rings (SSSR count). The Labute approximate surface area is 127 Å². The Morgan fingerprint density at radius 2 is 1.95 bits per heavy atom. The number of aromatic amines is 1. The molecule has 0 spiro atoms. The lowest BCUT2D eigenvalue weighted by Gasteiger charge is -2.11. The number of fused-ring (bicyclic) bond motifs is 1. The summed E-state index contributed by atoms with van der Waals surface area (Å²) in [7, 11) is 1.58. The van der Waals surface area contributed by atoms with E-state index in [1.165, 1.54) is 0 Å². The Bertz CT molecular complexity index is 871. The summed E-state index contributed by atoms with van der Waals surface area (Å²) in [4.78, 5) is 19.5. The van der Waals surface area contributed by atoms with Gasteiger partial charge in [-0.1, -0.05) is 12.1 Å². The molecular weight excluding hydrogens is 280 g/mol. The highest BCUT2D eigenvalue weighted by molar-refractivity contribution is 5.79. The van der Waals surface area contributed by atoms with Crippen LogP contribution in [-0.4, -0.2) is 23.7 Å². The van der Waals surface area contributed by atoms with E-state index < -0.39 is 0 Å². The molecule has 0 atom stereocenters. The van der Waals surface area contributed by atoms with Crippen LogP contribution >= 0.6 is 0 Å². The van der Waals surface area contributed by atoms with Crippen LogP contribution in [0.4, 0.5) is 0 Å². The lowest BCUT2D eigenvalue weighted by molar-refractivity contribution is 0.311. The van der Waals surface area contributed by atoms with Gasteiger partial charge in [-0.15, -0.1) is 0 Å². The fraction of sp³-hybridized carbons (Fsp3) is 0.176. The zero-order valence-corrected chi connectivity index (χ0v) is 12.4. The fourth-order valence-electron chi connectivity index (χ4n) is 2.31. The van der Waals surface area contributed by atoms with Crippen LogP contribution in [0.2, 0.25) is 0 Å². The van der Waals surface area contributed by atoms with Crippen molar-refractivity contribution in [3.8, 4) is 22.9 Å². The fourth-order valence-corrected chi connectivity index (χ4v) is 2.31. The minimum Gasteiger partial charge on any atom is -0.493 e. The summed E-state index contributed by atoms with van der Waals surface area (Å²) in [5.41, 5.74) is 1.27. The van der Waals surface area contributed by atoms with E-state index in [9.17, 15) is 4.79 Å². The summed E-state index contributed by atoms with van der Waals surface area (Å²) in [6.45, 7) is 2.47. The van der Waals surface area contributed by atoms with E-state index in [1.807, 2.05) is 37.3 Å². The number of nitrogens with zero attached hydrogens (tertiary/aromatic N) is 1. The minimum absolute atomic E-state index is 0.159. The van der Waals surface area contributed by atoms with Gasteiger partial charge in [0.2, 0.25) is 0 Å². The molecular formula is C17H16N2O3. The third-order valence-corrected chi connectivity index (χ3v) is 3.35. The first-order valence-corrected chi connectivity index (χ1v) is 7.03. The van der Waals surface area contributed by atoms with Crippen LogP contribution in [0.25, 0.3) is 22.3 Å². The first kappa shape index (κ1) is 14.1. The monoisotopic (exact) mass is 296 g/mol. The highest BCUT2D eigenvalue weighted by Gasteiger charge is 2.10. The summed E-state index contributed by atoms with van der Waals surface area (Å²) < 4.78 is 10.8. The van der Waals surface area contributed by atoms with Crippen LogP contribution in [0.1, 0.15) is 6.92 Å². The molecule has 0 aliphatic carbocycles. The van der Waals surface area contributed by atoms with E-state index in [0.717, 1.165) is 5.56 Å². The summed E-state index contributed by atoms with van der Waals surface area (Å²) in [6.07, 6.45) is 0. The van der Waals surface area contributed by atoms with Crippen LogP contribution in [0, 0.1) is 0 Å². The van der Waals surface area contributed by atoms with E-state index in [0.29, 0.717) is 34.8 Å². The number of aromatic nitrogens is 2. The highest BCUT2D eigenvalue weighted by Crippen LogP contribution is 2.31. The molecule has 0 radical (unpaired) electrons. The summed E-state index contributed by atoms with van der Waals surface area (Å²) in [5, 5.41) is 0.573. The van der Waals surface area contributed by atoms with Crippen LogP contribution in [0.5, 0.6) is 11.5 Å².